The zero-order chi connectivity index (χ0) is 12.3. The molecular weight excluding hydrogens is 208 g/mol. The number of nitrogens with one attached hydrogen (secondary N) is 1. The fourth-order valence-corrected chi connectivity index (χ4v) is 2.20. The van der Waals surface area contributed by atoms with E-state index in [1.54, 1.807) is 0 Å². The van der Waals surface area contributed by atoms with Crippen LogP contribution in [0, 0.1) is 0 Å². The predicted molar refractivity (Wildman–Crippen MR) is 74.7 cm³/mol. The summed E-state index contributed by atoms with van der Waals surface area (Å²) in [7, 11) is 1.93. The van der Waals surface area contributed by atoms with E-state index in [1.807, 2.05) is 7.05 Å². The molecule has 0 saturated heterocycles. The number of aryl methyl sites for hydroxylation is 2. The molecule has 0 aliphatic carbocycles. The molecule has 1 aromatic carbocycles. The smallest absolute Gasteiger partial charge is 0.129 e. The highest BCUT2D eigenvalue weighted by Crippen LogP contribution is 2.22. The van der Waals surface area contributed by atoms with Crippen molar-refractivity contribution in [2.24, 2.45) is 0 Å². The van der Waals surface area contributed by atoms with E-state index in [9.17, 15) is 0 Å². The number of hydrogen-bond donors (Lipinski definition) is 1. The van der Waals surface area contributed by atoms with Crippen molar-refractivity contribution in [3.8, 4) is 0 Å². The van der Waals surface area contributed by atoms with Gasteiger partial charge in [0.25, 0.3) is 0 Å². The second kappa shape index (κ2) is 5.17. The molecule has 1 heterocycles. The lowest BCUT2D eigenvalue weighted by Crippen LogP contribution is -1.98. The fourth-order valence-electron chi connectivity index (χ4n) is 2.20. The first-order valence-corrected chi connectivity index (χ1v) is 6.38. The maximum Gasteiger partial charge on any atom is 0.129 e. The molecule has 0 bridgehead atoms. The number of rotatable bonds is 4. The van der Waals surface area contributed by atoms with Gasteiger partial charge in [-0.25, -0.2) is 4.98 Å². The van der Waals surface area contributed by atoms with Gasteiger partial charge in [0.1, 0.15) is 5.82 Å². The van der Waals surface area contributed by atoms with Crippen molar-refractivity contribution in [1.82, 2.24) is 4.98 Å². The minimum absolute atomic E-state index is 1.00. The monoisotopic (exact) mass is 228 g/mol. The zero-order valence-corrected chi connectivity index (χ0v) is 10.9. The molecule has 2 rings (SSSR count). The summed E-state index contributed by atoms with van der Waals surface area (Å²) in [6.45, 7) is 4.38. The summed E-state index contributed by atoms with van der Waals surface area (Å²) in [5.41, 5.74) is 3.76. The molecule has 2 heteroatoms. The van der Waals surface area contributed by atoms with Gasteiger partial charge in [0.2, 0.25) is 0 Å². The van der Waals surface area contributed by atoms with Crippen LogP contribution in [0.15, 0.2) is 24.3 Å². The molecule has 0 atom stereocenters. The van der Waals surface area contributed by atoms with Crippen molar-refractivity contribution in [3.05, 3.63) is 35.4 Å². The Balaban J connectivity index is 2.54. The second-order valence-corrected chi connectivity index (χ2v) is 4.38. The van der Waals surface area contributed by atoms with Crippen LogP contribution in [0.5, 0.6) is 0 Å². The summed E-state index contributed by atoms with van der Waals surface area (Å²) in [6.07, 6.45) is 3.34. The van der Waals surface area contributed by atoms with Gasteiger partial charge in [0, 0.05) is 12.4 Å². The van der Waals surface area contributed by atoms with Crippen molar-refractivity contribution < 1.29 is 0 Å². The van der Waals surface area contributed by atoms with Crippen LogP contribution >= 0.6 is 0 Å². The molecule has 0 fully saturated rings. The molecule has 90 valence electrons. The van der Waals surface area contributed by atoms with Gasteiger partial charge in [0.15, 0.2) is 0 Å². The van der Waals surface area contributed by atoms with Crippen molar-refractivity contribution >= 4 is 16.7 Å². The molecule has 0 radical (unpaired) electrons. The molecule has 0 saturated carbocycles. The highest BCUT2D eigenvalue weighted by molar-refractivity contribution is 5.82. The highest BCUT2D eigenvalue weighted by atomic mass is 15.0. The van der Waals surface area contributed by atoms with Crippen LogP contribution in [0.2, 0.25) is 0 Å². The van der Waals surface area contributed by atoms with E-state index in [0.717, 1.165) is 24.2 Å². The van der Waals surface area contributed by atoms with E-state index in [0.29, 0.717) is 0 Å². The third-order valence-corrected chi connectivity index (χ3v) is 3.11. The van der Waals surface area contributed by atoms with Crippen LogP contribution in [-0.4, -0.2) is 12.0 Å². The van der Waals surface area contributed by atoms with E-state index < -0.39 is 0 Å². The van der Waals surface area contributed by atoms with E-state index in [4.69, 9.17) is 0 Å². The van der Waals surface area contributed by atoms with Crippen molar-refractivity contribution in [2.75, 3.05) is 12.4 Å². The first kappa shape index (κ1) is 11.9. The Morgan fingerprint density at radius 3 is 2.65 bits per heavy atom. The molecule has 0 aliphatic heterocycles. The maximum absolute atomic E-state index is 4.65. The minimum atomic E-state index is 1.00. The number of hydrogen-bond acceptors (Lipinski definition) is 2. The van der Waals surface area contributed by atoms with Crippen LogP contribution < -0.4 is 5.32 Å². The van der Waals surface area contributed by atoms with Gasteiger partial charge in [-0.05, 0) is 42.2 Å². The van der Waals surface area contributed by atoms with Gasteiger partial charge in [-0.3, -0.25) is 0 Å². The van der Waals surface area contributed by atoms with Crippen molar-refractivity contribution in [3.63, 3.8) is 0 Å². The topological polar surface area (TPSA) is 24.9 Å². The predicted octanol–water partition coefficient (Wildman–Crippen LogP) is 3.79. The molecule has 1 aromatic heterocycles. The van der Waals surface area contributed by atoms with E-state index in [2.05, 4.69) is 48.4 Å². The Bertz CT molecular complexity index is 518. The maximum atomic E-state index is 4.65. The van der Waals surface area contributed by atoms with Crippen LogP contribution in [0.25, 0.3) is 10.9 Å². The molecule has 0 aliphatic rings. The van der Waals surface area contributed by atoms with Gasteiger partial charge in [-0.2, -0.15) is 0 Å². The number of anilines is 1. The third kappa shape index (κ3) is 2.41. The summed E-state index contributed by atoms with van der Waals surface area (Å²) in [5.74, 6) is 1.00. The average Bonchev–Trinajstić information content (AvgIpc) is 2.37. The normalized spacial score (nSPS) is 10.8. The van der Waals surface area contributed by atoms with Gasteiger partial charge in [-0.1, -0.05) is 26.3 Å². The Morgan fingerprint density at radius 1 is 1.18 bits per heavy atom. The summed E-state index contributed by atoms with van der Waals surface area (Å²) < 4.78 is 0. The van der Waals surface area contributed by atoms with Crippen LogP contribution in [-0.2, 0) is 12.8 Å². The fraction of sp³-hybridized carbons (Fsp3) is 0.400. The van der Waals surface area contributed by atoms with Gasteiger partial charge < -0.3 is 5.32 Å². The standard InChI is InChI=1S/C15H20N2/c1-4-6-11-7-8-14-13(9-11)10-12(5-2)15(16-3)17-14/h7-10H,4-6H2,1-3H3,(H,16,17). The Labute approximate surface area is 103 Å². The molecule has 0 spiro atoms. The first-order valence-electron chi connectivity index (χ1n) is 6.38. The second-order valence-electron chi connectivity index (χ2n) is 4.38. The molecule has 1 N–H and O–H groups in total. The molecule has 2 nitrogen and oxygen atoms in total. The molecule has 0 amide bonds. The Hall–Kier alpha value is -1.57. The molecule has 2 aromatic rings. The number of aromatic nitrogens is 1. The lowest BCUT2D eigenvalue weighted by Gasteiger charge is -2.09. The van der Waals surface area contributed by atoms with Gasteiger partial charge in [-0.15, -0.1) is 0 Å². The minimum Gasteiger partial charge on any atom is -0.373 e. The van der Waals surface area contributed by atoms with Gasteiger partial charge >= 0.3 is 0 Å². The van der Waals surface area contributed by atoms with Crippen LogP contribution in [0.1, 0.15) is 31.4 Å². The van der Waals surface area contributed by atoms with E-state index in [1.165, 1.54) is 22.9 Å². The average molecular weight is 228 g/mol. The molecule has 17 heavy (non-hydrogen) atoms. The zero-order valence-electron chi connectivity index (χ0n) is 10.9. The lowest BCUT2D eigenvalue weighted by molar-refractivity contribution is 0.923. The summed E-state index contributed by atoms with van der Waals surface area (Å²) >= 11 is 0. The summed E-state index contributed by atoms with van der Waals surface area (Å²) in [5, 5.41) is 4.42. The number of benzene rings is 1. The molecular formula is C15H20N2. The van der Waals surface area contributed by atoms with Crippen molar-refractivity contribution in [1.29, 1.82) is 0 Å². The first-order chi connectivity index (χ1) is 8.28. The van der Waals surface area contributed by atoms with Gasteiger partial charge in [0.05, 0.1) is 5.52 Å². The van der Waals surface area contributed by atoms with E-state index >= 15 is 0 Å². The lowest BCUT2D eigenvalue weighted by atomic mass is 10.0. The Morgan fingerprint density at radius 2 is 2.00 bits per heavy atom. The molecule has 0 unspecified atom stereocenters. The van der Waals surface area contributed by atoms with Crippen LogP contribution in [0.3, 0.4) is 0 Å². The van der Waals surface area contributed by atoms with Crippen molar-refractivity contribution in [2.45, 2.75) is 33.1 Å². The quantitative estimate of drug-likeness (QED) is 0.861. The summed E-state index contributed by atoms with van der Waals surface area (Å²) in [4.78, 5) is 4.65. The highest BCUT2D eigenvalue weighted by Gasteiger charge is 2.04. The number of pyridine rings is 1. The third-order valence-electron chi connectivity index (χ3n) is 3.11. The Kier molecular flexibility index (Phi) is 3.62. The van der Waals surface area contributed by atoms with Crippen LogP contribution in [0.4, 0.5) is 5.82 Å². The SMILES string of the molecule is CCCc1ccc2nc(NC)c(CC)cc2c1. The number of nitrogens with zero attached hydrogens (tertiary/aromatic N) is 1. The largest absolute Gasteiger partial charge is 0.373 e. The number of fused-ring (bicyclic) bond motifs is 1. The summed E-state index contributed by atoms with van der Waals surface area (Å²) in [6, 6.07) is 8.84. The van der Waals surface area contributed by atoms with E-state index in [-0.39, 0.29) is 0 Å².